The lowest BCUT2D eigenvalue weighted by atomic mass is 10.0. The van der Waals surface area contributed by atoms with Gasteiger partial charge in [0.05, 0.1) is 17.6 Å². The Morgan fingerprint density at radius 3 is 2.45 bits per heavy atom. The van der Waals surface area contributed by atoms with Crippen LogP contribution in [0.25, 0.3) is 0 Å². The van der Waals surface area contributed by atoms with Gasteiger partial charge in [0.15, 0.2) is 9.84 Å². The van der Waals surface area contributed by atoms with Crippen molar-refractivity contribution < 1.29 is 13.5 Å². The number of sulfone groups is 1. The van der Waals surface area contributed by atoms with Gasteiger partial charge in [-0.25, -0.2) is 8.42 Å². The summed E-state index contributed by atoms with van der Waals surface area (Å²) in [5, 5.41) is 13.2. The molecule has 2 heterocycles. The number of nitrogens with zero attached hydrogens (tertiary/aromatic N) is 1. The second-order valence-electron chi connectivity index (χ2n) is 6.33. The van der Waals surface area contributed by atoms with Crippen molar-refractivity contribution in [3.63, 3.8) is 0 Å². The SMILES string of the molecule is O=S1(=O)C[C@H](O)[C@H](NC[C@@H](c2ccccc2)N2CCCC2)C1. The largest absolute Gasteiger partial charge is 0.390 e. The van der Waals surface area contributed by atoms with Crippen LogP contribution < -0.4 is 5.32 Å². The van der Waals surface area contributed by atoms with Gasteiger partial charge in [0, 0.05) is 18.6 Å². The first-order chi connectivity index (χ1) is 10.6. The van der Waals surface area contributed by atoms with Crippen molar-refractivity contribution in [2.24, 2.45) is 0 Å². The van der Waals surface area contributed by atoms with Gasteiger partial charge in [-0.15, -0.1) is 0 Å². The topological polar surface area (TPSA) is 69.6 Å². The molecule has 0 unspecified atom stereocenters. The predicted molar refractivity (Wildman–Crippen MR) is 86.4 cm³/mol. The molecule has 3 rings (SSSR count). The quantitative estimate of drug-likeness (QED) is 0.829. The van der Waals surface area contributed by atoms with Gasteiger partial charge in [0.1, 0.15) is 0 Å². The number of likely N-dealkylation sites (tertiary alicyclic amines) is 1. The highest BCUT2D eigenvalue weighted by atomic mass is 32.2. The third-order valence-corrected chi connectivity index (χ3v) is 6.38. The molecule has 0 saturated carbocycles. The van der Waals surface area contributed by atoms with E-state index in [0.29, 0.717) is 6.54 Å². The Morgan fingerprint density at radius 2 is 1.86 bits per heavy atom. The van der Waals surface area contributed by atoms with Gasteiger partial charge < -0.3 is 10.4 Å². The van der Waals surface area contributed by atoms with Crippen LogP contribution in [0, 0.1) is 0 Å². The zero-order chi connectivity index (χ0) is 15.6. The Balaban J connectivity index is 1.68. The van der Waals surface area contributed by atoms with Crippen LogP contribution in [0.15, 0.2) is 30.3 Å². The Kier molecular flexibility index (Phi) is 4.82. The highest BCUT2D eigenvalue weighted by Gasteiger charge is 2.36. The third-order valence-electron chi connectivity index (χ3n) is 4.66. The lowest BCUT2D eigenvalue weighted by Gasteiger charge is -2.30. The monoisotopic (exact) mass is 324 g/mol. The molecule has 0 spiro atoms. The minimum absolute atomic E-state index is 0.0374. The molecule has 0 aromatic heterocycles. The fraction of sp³-hybridized carbons (Fsp3) is 0.625. The van der Waals surface area contributed by atoms with Crippen LogP contribution in [0.2, 0.25) is 0 Å². The number of benzene rings is 1. The summed E-state index contributed by atoms with van der Waals surface area (Å²) in [6.07, 6.45) is 1.63. The first-order valence-electron chi connectivity index (χ1n) is 7.96. The van der Waals surface area contributed by atoms with E-state index in [0.717, 1.165) is 13.1 Å². The average molecular weight is 324 g/mol. The van der Waals surface area contributed by atoms with Crippen LogP contribution in [-0.4, -0.2) is 61.7 Å². The summed E-state index contributed by atoms with van der Waals surface area (Å²) in [5.41, 5.74) is 1.24. The lowest BCUT2D eigenvalue weighted by molar-refractivity contribution is 0.155. The molecule has 3 atom stereocenters. The number of rotatable bonds is 5. The van der Waals surface area contributed by atoms with Crippen molar-refractivity contribution >= 4 is 9.84 Å². The molecule has 0 radical (unpaired) electrons. The molecule has 2 aliphatic heterocycles. The Labute approximate surface area is 132 Å². The van der Waals surface area contributed by atoms with Gasteiger partial charge in [-0.2, -0.15) is 0 Å². The van der Waals surface area contributed by atoms with E-state index >= 15 is 0 Å². The summed E-state index contributed by atoms with van der Waals surface area (Å²) in [4.78, 5) is 2.44. The maximum atomic E-state index is 11.6. The Morgan fingerprint density at radius 1 is 1.18 bits per heavy atom. The van der Waals surface area contributed by atoms with Gasteiger partial charge in [-0.05, 0) is 31.5 Å². The van der Waals surface area contributed by atoms with Crippen molar-refractivity contribution in [1.82, 2.24) is 10.2 Å². The number of aliphatic hydroxyl groups excluding tert-OH is 1. The van der Waals surface area contributed by atoms with Crippen molar-refractivity contribution in [2.75, 3.05) is 31.1 Å². The van der Waals surface area contributed by atoms with E-state index in [9.17, 15) is 13.5 Å². The van der Waals surface area contributed by atoms with Crippen LogP contribution in [-0.2, 0) is 9.84 Å². The summed E-state index contributed by atoms with van der Waals surface area (Å²) in [7, 11) is -3.10. The summed E-state index contributed by atoms with van der Waals surface area (Å²) < 4.78 is 23.2. The summed E-state index contributed by atoms with van der Waals surface area (Å²) >= 11 is 0. The fourth-order valence-corrected chi connectivity index (χ4v) is 5.25. The molecule has 0 bridgehead atoms. The molecule has 5 nitrogen and oxygen atoms in total. The Bertz CT molecular complexity index is 585. The molecule has 2 fully saturated rings. The van der Waals surface area contributed by atoms with E-state index in [1.807, 2.05) is 18.2 Å². The van der Waals surface area contributed by atoms with Gasteiger partial charge >= 0.3 is 0 Å². The van der Waals surface area contributed by atoms with Crippen LogP contribution in [0.3, 0.4) is 0 Å². The molecule has 122 valence electrons. The molecular formula is C16H24N2O3S. The standard InChI is InChI=1S/C16H24N2O3S/c19-16-12-22(20,21)11-14(16)17-10-15(18-8-4-5-9-18)13-6-2-1-3-7-13/h1-3,6-7,14-17,19H,4-5,8-12H2/t14-,15+,16+/m1/s1. The molecule has 1 aromatic carbocycles. The molecule has 2 N–H and O–H groups in total. The Hall–Kier alpha value is -0.950. The van der Waals surface area contributed by atoms with E-state index in [2.05, 4.69) is 22.3 Å². The number of nitrogens with one attached hydrogen (secondary N) is 1. The van der Waals surface area contributed by atoms with Crippen molar-refractivity contribution in [3.8, 4) is 0 Å². The summed E-state index contributed by atoms with van der Waals surface area (Å²) in [6.45, 7) is 2.82. The predicted octanol–water partition coefficient (Wildman–Crippen LogP) is 0.571. The highest BCUT2D eigenvalue weighted by Crippen LogP contribution is 2.25. The second-order valence-corrected chi connectivity index (χ2v) is 8.48. The normalized spacial score (nSPS) is 29.7. The fourth-order valence-electron chi connectivity index (χ4n) is 3.47. The van der Waals surface area contributed by atoms with Gasteiger partial charge in [0.2, 0.25) is 0 Å². The van der Waals surface area contributed by atoms with Crippen LogP contribution in [0.5, 0.6) is 0 Å². The van der Waals surface area contributed by atoms with Crippen molar-refractivity contribution in [1.29, 1.82) is 0 Å². The summed E-state index contributed by atoms with van der Waals surface area (Å²) in [6, 6.07) is 10.2. The van der Waals surface area contributed by atoms with Gasteiger partial charge in [-0.3, -0.25) is 4.90 Å². The molecule has 6 heteroatoms. The maximum Gasteiger partial charge on any atom is 0.154 e. The van der Waals surface area contributed by atoms with Gasteiger partial charge in [-0.1, -0.05) is 30.3 Å². The number of aliphatic hydroxyl groups is 1. The van der Waals surface area contributed by atoms with E-state index in [4.69, 9.17) is 0 Å². The molecule has 22 heavy (non-hydrogen) atoms. The first kappa shape index (κ1) is 15.9. The van der Waals surface area contributed by atoms with Crippen LogP contribution >= 0.6 is 0 Å². The smallest absolute Gasteiger partial charge is 0.154 e. The van der Waals surface area contributed by atoms with E-state index in [1.165, 1.54) is 18.4 Å². The number of hydrogen-bond donors (Lipinski definition) is 2. The molecule has 1 aromatic rings. The lowest BCUT2D eigenvalue weighted by Crippen LogP contribution is -2.44. The summed E-state index contributed by atoms with van der Waals surface area (Å²) in [5.74, 6) is -0.0833. The zero-order valence-electron chi connectivity index (χ0n) is 12.7. The second kappa shape index (κ2) is 6.66. The third kappa shape index (κ3) is 3.68. The number of hydrogen-bond acceptors (Lipinski definition) is 5. The minimum Gasteiger partial charge on any atom is -0.390 e. The molecule has 0 amide bonds. The van der Waals surface area contributed by atoms with Crippen LogP contribution in [0.1, 0.15) is 24.4 Å². The molecule has 2 saturated heterocycles. The molecular weight excluding hydrogens is 300 g/mol. The zero-order valence-corrected chi connectivity index (χ0v) is 13.5. The van der Waals surface area contributed by atoms with E-state index < -0.39 is 15.9 Å². The van der Waals surface area contributed by atoms with Gasteiger partial charge in [0.25, 0.3) is 0 Å². The van der Waals surface area contributed by atoms with E-state index in [1.54, 1.807) is 0 Å². The molecule has 0 aliphatic carbocycles. The highest BCUT2D eigenvalue weighted by molar-refractivity contribution is 7.91. The minimum atomic E-state index is -3.10. The average Bonchev–Trinajstić information content (AvgIpc) is 3.09. The van der Waals surface area contributed by atoms with Crippen LogP contribution in [0.4, 0.5) is 0 Å². The van der Waals surface area contributed by atoms with Crippen molar-refractivity contribution in [3.05, 3.63) is 35.9 Å². The first-order valence-corrected chi connectivity index (χ1v) is 9.78. The molecule has 2 aliphatic rings. The maximum absolute atomic E-state index is 11.6. The van der Waals surface area contributed by atoms with Crippen molar-refractivity contribution in [2.45, 2.75) is 31.0 Å². The van der Waals surface area contributed by atoms with E-state index in [-0.39, 0.29) is 23.6 Å².